The van der Waals surface area contributed by atoms with Crippen LogP contribution in [0.5, 0.6) is 0 Å². The first kappa shape index (κ1) is 33.1. The Labute approximate surface area is 253 Å². The van der Waals surface area contributed by atoms with E-state index in [1.54, 1.807) is 24.3 Å². The summed E-state index contributed by atoms with van der Waals surface area (Å²) in [6, 6.07) is 23.2. The second-order valence-electron chi connectivity index (χ2n) is 11.6. The summed E-state index contributed by atoms with van der Waals surface area (Å²) in [5.74, 6) is 0.618. The summed E-state index contributed by atoms with van der Waals surface area (Å²) in [5.41, 5.74) is 5.40. The first-order valence-corrected chi connectivity index (χ1v) is 16.1. The summed E-state index contributed by atoms with van der Waals surface area (Å²) in [5, 5.41) is 0. The Morgan fingerprint density at radius 2 is 0.857 bits per heavy atom. The molecule has 3 aromatic carbocycles. The lowest BCUT2D eigenvalue weighted by Gasteiger charge is -2.14. The van der Waals surface area contributed by atoms with Crippen molar-refractivity contribution in [2.45, 2.75) is 105 Å². The summed E-state index contributed by atoms with van der Waals surface area (Å²) in [7, 11) is 0. The molecule has 0 amide bonds. The normalized spacial score (nSPS) is 12.5. The van der Waals surface area contributed by atoms with Crippen LogP contribution in [0.15, 0.2) is 72.8 Å². The number of unbranched alkanes of at least 4 members (excludes halogenated alkanes) is 2. The van der Waals surface area contributed by atoms with Gasteiger partial charge in [0.05, 0.1) is 11.1 Å². The van der Waals surface area contributed by atoms with Gasteiger partial charge < -0.3 is 9.47 Å². The molecule has 226 valence electrons. The van der Waals surface area contributed by atoms with Gasteiger partial charge in [-0.1, -0.05) is 128 Å². The van der Waals surface area contributed by atoms with Crippen LogP contribution in [-0.2, 0) is 35.5 Å². The van der Waals surface area contributed by atoms with Crippen LogP contribution in [0.4, 0.5) is 0 Å². The molecule has 0 fully saturated rings. The number of hydrogen-bond acceptors (Lipinski definition) is 4. The number of carbonyl (C=O) groups is 2. The molecule has 4 nitrogen and oxygen atoms in total. The first-order valence-electron chi connectivity index (χ1n) is 16.1. The molecule has 2 atom stereocenters. The Morgan fingerprint density at radius 3 is 1.17 bits per heavy atom. The average Bonchev–Trinajstić information content (AvgIpc) is 3.03. The predicted molar refractivity (Wildman–Crippen MR) is 172 cm³/mol. The van der Waals surface area contributed by atoms with Crippen molar-refractivity contribution in [2.75, 3.05) is 0 Å². The van der Waals surface area contributed by atoms with Crippen LogP contribution in [-0.4, -0.2) is 11.9 Å². The van der Waals surface area contributed by atoms with E-state index in [4.69, 9.17) is 9.47 Å². The van der Waals surface area contributed by atoms with Crippen molar-refractivity contribution in [1.29, 1.82) is 0 Å². The summed E-state index contributed by atoms with van der Waals surface area (Å²) in [6.07, 6.45) is 12.2. The molecule has 42 heavy (non-hydrogen) atoms. The quantitative estimate of drug-likeness (QED) is 0.143. The minimum atomic E-state index is -0.412. The largest absolute Gasteiger partial charge is 0.457 e. The van der Waals surface area contributed by atoms with E-state index in [9.17, 15) is 9.59 Å². The van der Waals surface area contributed by atoms with Crippen molar-refractivity contribution in [1.82, 2.24) is 0 Å². The van der Waals surface area contributed by atoms with E-state index in [0.717, 1.165) is 35.8 Å². The van der Waals surface area contributed by atoms with Crippen molar-refractivity contribution < 1.29 is 19.1 Å². The molecule has 3 aromatic rings. The highest BCUT2D eigenvalue weighted by Gasteiger charge is 2.13. The van der Waals surface area contributed by atoms with E-state index in [2.05, 4.69) is 52.0 Å². The molecule has 0 aromatic heterocycles. The number of hydrogen-bond donors (Lipinski definition) is 0. The maximum Gasteiger partial charge on any atom is 0.338 e. The first-order chi connectivity index (χ1) is 20.4. The molecule has 0 aliphatic rings. The van der Waals surface area contributed by atoms with Crippen molar-refractivity contribution >= 4 is 11.9 Å². The second kappa shape index (κ2) is 18.2. The molecular formula is C38H50O4. The maximum absolute atomic E-state index is 12.6. The van der Waals surface area contributed by atoms with Gasteiger partial charge in [0.2, 0.25) is 0 Å². The van der Waals surface area contributed by atoms with Crippen LogP contribution in [0, 0.1) is 11.8 Å². The molecule has 0 N–H and O–H groups in total. The van der Waals surface area contributed by atoms with Crippen molar-refractivity contribution in [3.63, 3.8) is 0 Å². The molecule has 4 heteroatoms. The Bertz CT molecular complexity index is 1100. The lowest BCUT2D eigenvalue weighted by Crippen LogP contribution is -2.08. The van der Waals surface area contributed by atoms with E-state index in [1.165, 1.54) is 62.5 Å². The smallest absolute Gasteiger partial charge is 0.338 e. The van der Waals surface area contributed by atoms with E-state index < -0.39 is 11.9 Å². The molecule has 0 spiro atoms. The second-order valence-corrected chi connectivity index (χ2v) is 11.6. The molecule has 0 heterocycles. The summed E-state index contributed by atoms with van der Waals surface area (Å²) in [6.45, 7) is 9.44. The Hall–Kier alpha value is -3.40. The van der Waals surface area contributed by atoms with Gasteiger partial charge in [-0.2, -0.15) is 0 Å². The van der Waals surface area contributed by atoms with E-state index in [1.807, 2.05) is 24.3 Å². The van der Waals surface area contributed by atoms with Crippen LogP contribution >= 0.6 is 0 Å². The summed E-state index contributed by atoms with van der Waals surface area (Å²) in [4.78, 5) is 25.2. The molecule has 0 saturated carbocycles. The lowest BCUT2D eigenvalue weighted by molar-refractivity contribution is 0.0458. The molecule has 0 aliphatic carbocycles. The standard InChI is InChI=1S/C38H50O4/c1-5-9-11-29(7-3)25-31-13-17-33(18-14-31)27-41-37(39)35-21-23-36(24-22-35)38(40)42-28-34-19-15-32(16-20-34)26-30(8-4)12-10-6-2/h13-24,29-30H,5-12,25-28H2,1-4H3. The molecular weight excluding hydrogens is 520 g/mol. The molecule has 2 unspecified atom stereocenters. The van der Waals surface area contributed by atoms with Crippen molar-refractivity contribution in [2.24, 2.45) is 11.8 Å². The Kier molecular flexibility index (Phi) is 14.3. The van der Waals surface area contributed by atoms with Crippen LogP contribution in [0.2, 0.25) is 0 Å². The predicted octanol–water partition coefficient (Wildman–Crippen LogP) is 9.92. The third kappa shape index (κ3) is 11.1. The minimum absolute atomic E-state index is 0.215. The topological polar surface area (TPSA) is 52.6 Å². The maximum atomic E-state index is 12.6. The number of rotatable bonds is 18. The zero-order valence-corrected chi connectivity index (χ0v) is 26.2. The molecule has 0 radical (unpaired) electrons. The summed E-state index contributed by atoms with van der Waals surface area (Å²) >= 11 is 0. The molecule has 0 saturated heterocycles. The van der Waals surface area contributed by atoms with Gasteiger partial charge in [-0.05, 0) is 71.2 Å². The Balaban J connectivity index is 1.43. The molecule has 0 bridgehead atoms. The minimum Gasteiger partial charge on any atom is -0.457 e. The van der Waals surface area contributed by atoms with Crippen LogP contribution < -0.4 is 0 Å². The molecule has 0 aliphatic heterocycles. The van der Waals surface area contributed by atoms with E-state index in [0.29, 0.717) is 11.1 Å². The van der Waals surface area contributed by atoms with Gasteiger partial charge in [-0.15, -0.1) is 0 Å². The third-order valence-corrected chi connectivity index (χ3v) is 8.28. The van der Waals surface area contributed by atoms with Crippen LogP contribution in [0.3, 0.4) is 0 Å². The monoisotopic (exact) mass is 570 g/mol. The van der Waals surface area contributed by atoms with Gasteiger partial charge in [0.25, 0.3) is 0 Å². The fraction of sp³-hybridized carbons (Fsp3) is 0.474. The highest BCUT2D eigenvalue weighted by atomic mass is 16.5. The van der Waals surface area contributed by atoms with Gasteiger partial charge in [-0.3, -0.25) is 0 Å². The lowest BCUT2D eigenvalue weighted by atomic mass is 9.92. The van der Waals surface area contributed by atoms with Gasteiger partial charge in [0.1, 0.15) is 13.2 Å². The highest BCUT2D eigenvalue weighted by Crippen LogP contribution is 2.21. The zero-order chi connectivity index (χ0) is 30.2. The van der Waals surface area contributed by atoms with Crippen molar-refractivity contribution in [3.8, 4) is 0 Å². The number of esters is 2. The fourth-order valence-corrected chi connectivity index (χ4v) is 5.30. The van der Waals surface area contributed by atoms with Crippen LogP contribution in [0.25, 0.3) is 0 Å². The van der Waals surface area contributed by atoms with E-state index >= 15 is 0 Å². The zero-order valence-electron chi connectivity index (χ0n) is 26.2. The SMILES string of the molecule is CCCCC(CC)Cc1ccc(COC(=O)c2ccc(C(=O)OCc3ccc(CC(CC)CCCC)cc3)cc2)cc1. The highest BCUT2D eigenvalue weighted by molar-refractivity contribution is 5.93. The Morgan fingerprint density at radius 1 is 0.524 bits per heavy atom. The number of ether oxygens (including phenoxy) is 2. The third-order valence-electron chi connectivity index (χ3n) is 8.28. The van der Waals surface area contributed by atoms with Gasteiger partial charge in [-0.25, -0.2) is 9.59 Å². The average molecular weight is 571 g/mol. The van der Waals surface area contributed by atoms with Gasteiger partial charge >= 0.3 is 11.9 Å². The number of carbonyl (C=O) groups excluding carboxylic acids is 2. The molecule has 3 rings (SSSR count). The van der Waals surface area contributed by atoms with Crippen LogP contribution in [0.1, 0.15) is 122 Å². The van der Waals surface area contributed by atoms with Gasteiger partial charge in [0, 0.05) is 0 Å². The van der Waals surface area contributed by atoms with Crippen molar-refractivity contribution in [3.05, 3.63) is 106 Å². The summed E-state index contributed by atoms with van der Waals surface area (Å²) < 4.78 is 11.0. The number of benzene rings is 3. The van der Waals surface area contributed by atoms with E-state index in [-0.39, 0.29) is 13.2 Å². The van der Waals surface area contributed by atoms with Gasteiger partial charge in [0.15, 0.2) is 0 Å². The fourth-order valence-electron chi connectivity index (χ4n) is 5.30.